The molecular formula is C14H13ClFN3O. The molecule has 1 aromatic heterocycles. The third-order valence-corrected chi connectivity index (χ3v) is 3.07. The number of nitrogen functional groups attached to an aromatic ring is 1. The number of carbonyl (C=O) groups excluding carboxylic acids is 1. The number of halogens is 2. The van der Waals surface area contributed by atoms with Crippen LogP contribution in [0.15, 0.2) is 36.4 Å². The van der Waals surface area contributed by atoms with Gasteiger partial charge in [-0.2, -0.15) is 0 Å². The molecule has 1 heterocycles. The Balaban J connectivity index is 2.38. The lowest BCUT2D eigenvalue weighted by Crippen LogP contribution is -2.31. The molecule has 2 rings (SSSR count). The summed E-state index contributed by atoms with van der Waals surface area (Å²) in [4.78, 5) is 17.9. The quantitative estimate of drug-likeness (QED) is 0.946. The number of aromatic nitrogens is 1. The van der Waals surface area contributed by atoms with Crippen LogP contribution >= 0.6 is 11.6 Å². The van der Waals surface area contributed by atoms with Gasteiger partial charge in [0.2, 0.25) is 0 Å². The molecule has 1 amide bonds. The lowest BCUT2D eigenvalue weighted by molar-refractivity contribution is 0.0984. The van der Waals surface area contributed by atoms with E-state index in [9.17, 15) is 9.18 Å². The molecule has 4 nitrogen and oxygen atoms in total. The SMILES string of the molecule is CCN(C(=O)c1nc(N)ccc1Cl)c1ccc(F)cc1. The van der Waals surface area contributed by atoms with Crippen LogP contribution in [0, 0.1) is 5.82 Å². The van der Waals surface area contributed by atoms with Crippen molar-refractivity contribution in [1.82, 2.24) is 4.98 Å². The molecule has 0 saturated heterocycles. The van der Waals surface area contributed by atoms with E-state index in [0.29, 0.717) is 12.2 Å². The van der Waals surface area contributed by atoms with E-state index in [1.54, 1.807) is 0 Å². The number of hydrogen-bond acceptors (Lipinski definition) is 3. The molecule has 20 heavy (non-hydrogen) atoms. The van der Waals surface area contributed by atoms with E-state index >= 15 is 0 Å². The zero-order valence-electron chi connectivity index (χ0n) is 10.8. The Morgan fingerprint density at radius 2 is 1.95 bits per heavy atom. The molecule has 0 unspecified atom stereocenters. The Morgan fingerprint density at radius 3 is 2.55 bits per heavy atom. The first kappa shape index (κ1) is 14.3. The van der Waals surface area contributed by atoms with E-state index < -0.39 is 0 Å². The van der Waals surface area contributed by atoms with E-state index in [-0.39, 0.29) is 28.3 Å². The van der Waals surface area contributed by atoms with Crippen LogP contribution in [0.25, 0.3) is 0 Å². The van der Waals surface area contributed by atoms with E-state index in [2.05, 4.69) is 4.98 Å². The van der Waals surface area contributed by atoms with Gasteiger partial charge in [-0.25, -0.2) is 9.37 Å². The molecule has 0 spiro atoms. The first-order valence-corrected chi connectivity index (χ1v) is 6.40. The molecule has 0 aliphatic heterocycles. The maximum absolute atomic E-state index is 12.9. The Hall–Kier alpha value is -2.14. The van der Waals surface area contributed by atoms with E-state index in [1.165, 1.54) is 41.3 Å². The first-order valence-electron chi connectivity index (χ1n) is 6.02. The van der Waals surface area contributed by atoms with Gasteiger partial charge in [-0.05, 0) is 43.3 Å². The highest BCUT2D eigenvalue weighted by Crippen LogP contribution is 2.21. The minimum Gasteiger partial charge on any atom is -0.384 e. The van der Waals surface area contributed by atoms with Crippen LogP contribution in [-0.4, -0.2) is 17.4 Å². The number of rotatable bonds is 3. The smallest absolute Gasteiger partial charge is 0.278 e. The third-order valence-electron chi connectivity index (χ3n) is 2.77. The van der Waals surface area contributed by atoms with Crippen molar-refractivity contribution in [3.63, 3.8) is 0 Å². The molecule has 6 heteroatoms. The molecule has 0 aliphatic carbocycles. The summed E-state index contributed by atoms with van der Waals surface area (Å²) in [5, 5.41) is 0.227. The number of pyridine rings is 1. The van der Waals surface area contributed by atoms with Crippen molar-refractivity contribution in [2.45, 2.75) is 6.92 Å². The van der Waals surface area contributed by atoms with Gasteiger partial charge in [0, 0.05) is 12.2 Å². The number of carbonyl (C=O) groups is 1. The second-order valence-corrected chi connectivity index (χ2v) is 4.50. The second kappa shape index (κ2) is 5.88. The average Bonchev–Trinajstić information content (AvgIpc) is 2.44. The van der Waals surface area contributed by atoms with Gasteiger partial charge in [-0.1, -0.05) is 11.6 Å². The summed E-state index contributed by atoms with van der Waals surface area (Å²) in [6.45, 7) is 2.21. The summed E-state index contributed by atoms with van der Waals surface area (Å²) in [6, 6.07) is 8.68. The molecule has 0 atom stereocenters. The Kier molecular flexibility index (Phi) is 4.20. The Morgan fingerprint density at radius 1 is 1.30 bits per heavy atom. The highest BCUT2D eigenvalue weighted by molar-refractivity contribution is 6.34. The maximum atomic E-state index is 12.9. The highest BCUT2D eigenvalue weighted by Gasteiger charge is 2.20. The molecule has 1 aromatic carbocycles. The number of nitrogens with two attached hydrogens (primary N) is 1. The van der Waals surface area contributed by atoms with Crippen LogP contribution in [0.1, 0.15) is 17.4 Å². The molecule has 0 fully saturated rings. The summed E-state index contributed by atoms with van der Waals surface area (Å²) in [6.07, 6.45) is 0. The average molecular weight is 294 g/mol. The zero-order chi connectivity index (χ0) is 14.7. The van der Waals surface area contributed by atoms with Crippen LogP contribution < -0.4 is 10.6 Å². The molecule has 0 aliphatic rings. The van der Waals surface area contributed by atoms with Gasteiger partial charge >= 0.3 is 0 Å². The largest absolute Gasteiger partial charge is 0.384 e. The van der Waals surface area contributed by atoms with Gasteiger partial charge in [0.05, 0.1) is 5.02 Å². The second-order valence-electron chi connectivity index (χ2n) is 4.09. The predicted molar refractivity (Wildman–Crippen MR) is 77.4 cm³/mol. The topological polar surface area (TPSA) is 59.2 Å². The Bertz CT molecular complexity index is 631. The number of hydrogen-bond donors (Lipinski definition) is 1. The van der Waals surface area contributed by atoms with Crippen molar-refractivity contribution < 1.29 is 9.18 Å². The monoisotopic (exact) mass is 293 g/mol. The molecule has 2 aromatic rings. The summed E-state index contributed by atoms with van der Waals surface area (Å²) in [7, 11) is 0. The molecule has 0 bridgehead atoms. The van der Waals surface area contributed by atoms with Crippen molar-refractivity contribution in [3.05, 3.63) is 52.9 Å². The predicted octanol–water partition coefficient (Wildman–Crippen LogP) is 3.12. The van der Waals surface area contributed by atoms with Crippen LogP contribution in [0.4, 0.5) is 15.9 Å². The number of anilines is 2. The van der Waals surface area contributed by atoms with Crippen molar-refractivity contribution >= 4 is 29.0 Å². The molecule has 2 N–H and O–H groups in total. The summed E-state index contributed by atoms with van der Waals surface area (Å²) >= 11 is 5.98. The molecule has 0 radical (unpaired) electrons. The molecule has 104 valence electrons. The summed E-state index contributed by atoms with van der Waals surface area (Å²) in [5.41, 5.74) is 6.23. The number of nitrogens with zero attached hydrogens (tertiary/aromatic N) is 2. The normalized spacial score (nSPS) is 10.3. The van der Waals surface area contributed by atoms with Gasteiger partial charge in [0.1, 0.15) is 17.3 Å². The van der Waals surface area contributed by atoms with Crippen molar-refractivity contribution in [3.8, 4) is 0 Å². The van der Waals surface area contributed by atoms with E-state index in [1.807, 2.05) is 6.92 Å². The van der Waals surface area contributed by atoms with Crippen LogP contribution in [0.2, 0.25) is 5.02 Å². The third kappa shape index (κ3) is 2.88. The standard InChI is InChI=1S/C14H13ClFN3O/c1-2-19(10-5-3-9(16)4-6-10)14(20)13-11(15)7-8-12(17)18-13/h3-8H,2H2,1H3,(H2,17,18). The Labute approximate surface area is 121 Å². The lowest BCUT2D eigenvalue weighted by Gasteiger charge is -2.21. The molecule has 0 saturated carbocycles. The zero-order valence-corrected chi connectivity index (χ0v) is 11.6. The fourth-order valence-electron chi connectivity index (χ4n) is 1.80. The fourth-order valence-corrected chi connectivity index (χ4v) is 1.99. The molecular weight excluding hydrogens is 281 g/mol. The minimum atomic E-state index is -0.378. The summed E-state index contributed by atoms with van der Waals surface area (Å²) in [5.74, 6) is -0.526. The van der Waals surface area contributed by atoms with Crippen LogP contribution in [-0.2, 0) is 0 Å². The van der Waals surface area contributed by atoms with Gasteiger partial charge in [0.25, 0.3) is 5.91 Å². The highest BCUT2D eigenvalue weighted by atomic mass is 35.5. The van der Waals surface area contributed by atoms with Crippen LogP contribution in [0.5, 0.6) is 0 Å². The minimum absolute atomic E-state index is 0.0813. The van der Waals surface area contributed by atoms with Crippen molar-refractivity contribution in [2.24, 2.45) is 0 Å². The fraction of sp³-hybridized carbons (Fsp3) is 0.143. The lowest BCUT2D eigenvalue weighted by atomic mass is 10.2. The van der Waals surface area contributed by atoms with E-state index in [0.717, 1.165) is 0 Å². The van der Waals surface area contributed by atoms with Gasteiger partial charge in [0.15, 0.2) is 0 Å². The van der Waals surface area contributed by atoms with Gasteiger partial charge < -0.3 is 10.6 Å². The first-order chi connectivity index (χ1) is 9.52. The van der Waals surface area contributed by atoms with Gasteiger partial charge in [-0.3, -0.25) is 4.79 Å². The van der Waals surface area contributed by atoms with Crippen LogP contribution in [0.3, 0.4) is 0 Å². The number of benzene rings is 1. The van der Waals surface area contributed by atoms with Gasteiger partial charge in [-0.15, -0.1) is 0 Å². The van der Waals surface area contributed by atoms with Crippen molar-refractivity contribution in [2.75, 3.05) is 17.2 Å². The number of amides is 1. The van der Waals surface area contributed by atoms with E-state index in [4.69, 9.17) is 17.3 Å². The van der Waals surface area contributed by atoms with Crippen molar-refractivity contribution in [1.29, 1.82) is 0 Å². The maximum Gasteiger partial charge on any atom is 0.278 e. The summed E-state index contributed by atoms with van der Waals surface area (Å²) < 4.78 is 12.9.